The number of hydrogen-bond acceptors (Lipinski definition) is 3. The maximum atomic E-state index is 6.40. The van der Waals surface area contributed by atoms with Crippen LogP contribution in [0.25, 0.3) is 0 Å². The fraction of sp³-hybridized carbons (Fsp3) is 0.581. The van der Waals surface area contributed by atoms with E-state index in [4.69, 9.17) is 14.5 Å². The van der Waals surface area contributed by atoms with Crippen molar-refractivity contribution in [3.8, 4) is 5.75 Å². The van der Waals surface area contributed by atoms with Crippen LogP contribution in [0.5, 0.6) is 5.75 Å². The second-order valence-corrected chi connectivity index (χ2v) is 13.4. The number of benzene rings is 2. The molecule has 2 aromatic carbocycles. The number of aryl methyl sites for hydroxylation is 1. The first-order valence-electron chi connectivity index (χ1n) is 13.1. The Morgan fingerprint density at radius 2 is 1.63 bits per heavy atom. The van der Waals surface area contributed by atoms with Crippen LogP contribution in [-0.2, 0) is 15.3 Å². The van der Waals surface area contributed by atoms with E-state index in [2.05, 4.69) is 105 Å². The Labute approximate surface area is 216 Å². The molecule has 2 aromatic rings. The molecule has 0 aliphatic heterocycles. The van der Waals surface area contributed by atoms with Crippen LogP contribution in [0.15, 0.2) is 41.4 Å². The van der Waals surface area contributed by atoms with Crippen molar-refractivity contribution in [2.75, 3.05) is 13.9 Å². The first kappa shape index (κ1) is 29.5. The minimum atomic E-state index is -0.0976. The van der Waals surface area contributed by atoms with Crippen molar-refractivity contribution in [1.82, 2.24) is 0 Å². The lowest BCUT2D eigenvalue weighted by Crippen LogP contribution is -2.27. The van der Waals surface area contributed by atoms with Crippen LogP contribution in [-0.4, -0.2) is 25.7 Å². The molecule has 0 N–H and O–H groups in total. The van der Waals surface area contributed by atoms with Gasteiger partial charge in [0.25, 0.3) is 0 Å². The van der Waals surface area contributed by atoms with Gasteiger partial charge in [0.2, 0.25) is 0 Å². The van der Waals surface area contributed by atoms with Gasteiger partial charge in [-0.25, -0.2) is 0 Å². The second-order valence-electron chi connectivity index (χ2n) is 11.7. The molecule has 0 fully saturated rings. The molecule has 0 bridgehead atoms. The van der Waals surface area contributed by atoms with E-state index in [0.717, 1.165) is 18.6 Å². The number of ether oxygens (including phenoxy) is 2. The zero-order valence-corrected chi connectivity index (χ0v) is 24.8. The predicted molar refractivity (Wildman–Crippen MR) is 156 cm³/mol. The quantitative estimate of drug-likeness (QED) is 0.178. The largest absolute Gasteiger partial charge is 0.467 e. The monoisotopic (exact) mass is 497 g/mol. The van der Waals surface area contributed by atoms with Gasteiger partial charge in [0, 0.05) is 29.6 Å². The van der Waals surface area contributed by atoms with Crippen molar-refractivity contribution in [2.45, 2.75) is 104 Å². The van der Waals surface area contributed by atoms with Crippen molar-refractivity contribution in [3.05, 3.63) is 58.7 Å². The Kier molecular flexibility index (Phi) is 10.6. The molecule has 2 rings (SSSR count). The molecule has 0 radical (unpaired) electrons. The molecule has 2 unspecified atom stereocenters. The first-order valence-corrected chi connectivity index (χ1v) is 14.1. The molecule has 0 aromatic heterocycles. The van der Waals surface area contributed by atoms with Gasteiger partial charge in [0.15, 0.2) is 6.79 Å². The van der Waals surface area contributed by atoms with Gasteiger partial charge in [-0.15, -0.1) is 0 Å². The molecule has 35 heavy (non-hydrogen) atoms. The summed E-state index contributed by atoms with van der Waals surface area (Å²) in [5.41, 5.74) is 4.96. The first-order chi connectivity index (χ1) is 16.4. The number of aliphatic imine (C=N–C) groups is 1. The molecule has 194 valence electrons. The third-order valence-electron chi connectivity index (χ3n) is 6.36. The van der Waals surface area contributed by atoms with Gasteiger partial charge in [-0.1, -0.05) is 98.0 Å². The highest BCUT2D eigenvalue weighted by Gasteiger charge is 2.36. The van der Waals surface area contributed by atoms with E-state index >= 15 is 0 Å². The van der Waals surface area contributed by atoms with E-state index in [1.807, 2.05) is 0 Å². The van der Waals surface area contributed by atoms with Gasteiger partial charge >= 0.3 is 0 Å². The van der Waals surface area contributed by atoms with Crippen LogP contribution in [0, 0.1) is 6.92 Å². The topological polar surface area (TPSA) is 30.8 Å². The smallest absolute Gasteiger partial charge is 0.188 e. The van der Waals surface area contributed by atoms with Gasteiger partial charge in [0.05, 0.1) is 5.54 Å². The van der Waals surface area contributed by atoms with Crippen molar-refractivity contribution in [1.29, 1.82) is 0 Å². The summed E-state index contributed by atoms with van der Waals surface area (Å²) < 4.78 is 11.8. The summed E-state index contributed by atoms with van der Waals surface area (Å²) in [6, 6.07) is 13.4. The fourth-order valence-corrected chi connectivity index (χ4v) is 6.19. The van der Waals surface area contributed by atoms with Crippen molar-refractivity contribution < 1.29 is 9.47 Å². The van der Waals surface area contributed by atoms with Crippen LogP contribution < -0.4 is 10.0 Å². The lowest BCUT2D eigenvalue weighted by Gasteiger charge is -2.38. The molecule has 0 aliphatic carbocycles. The van der Waals surface area contributed by atoms with Gasteiger partial charge in [0.1, 0.15) is 5.75 Å². The lowest BCUT2D eigenvalue weighted by atomic mass is 9.80. The van der Waals surface area contributed by atoms with Gasteiger partial charge in [-0.3, -0.25) is 4.99 Å². The average molecular weight is 498 g/mol. The molecular weight excluding hydrogens is 449 g/mol. The highest BCUT2D eigenvalue weighted by atomic mass is 31.1. The summed E-state index contributed by atoms with van der Waals surface area (Å²) in [7, 11) is 2.31. The number of methoxy groups -OCH3 is 1. The molecule has 2 atom stereocenters. The summed E-state index contributed by atoms with van der Waals surface area (Å²) in [4.78, 5) is 4.83. The van der Waals surface area contributed by atoms with Crippen LogP contribution in [0.1, 0.15) is 103 Å². The summed E-state index contributed by atoms with van der Waals surface area (Å²) in [5.74, 6) is 1.01. The molecule has 3 nitrogen and oxygen atoms in total. The number of hydrogen-bond donors (Lipinski definition) is 0. The normalized spacial score (nSPS) is 14.7. The van der Waals surface area contributed by atoms with Crippen LogP contribution in [0.3, 0.4) is 0 Å². The average Bonchev–Trinajstić information content (AvgIpc) is 2.78. The number of rotatable bonds is 11. The summed E-state index contributed by atoms with van der Waals surface area (Å²) in [5, 5.41) is 1.35. The Bertz CT molecular complexity index is 984. The molecule has 0 spiro atoms. The molecule has 0 amide bonds. The highest BCUT2D eigenvalue weighted by molar-refractivity contribution is 7.48. The molecule has 0 heterocycles. The van der Waals surface area contributed by atoms with E-state index in [1.54, 1.807) is 7.11 Å². The third kappa shape index (κ3) is 8.16. The Morgan fingerprint density at radius 1 is 0.971 bits per heavy atom. The maximum Gasteiger partial charge on any atom is 0.188 e. The van der Waals surface area contributed by atoms with Gasteiger partial charge in [-0.05, 0) is 56.8 Å². The summed E-state index contributed by atoms with van der Waals surface area (Å²) >= 11 is 0. The lowest BCUT2D eigenvalue weighted by molar-refractivity contribution is 0.0485. The van der Waals surface area contributed by atoms with E-state index in [1.165, 1.54) is 40.4 Å². The number of nitrogens with zero attached hydrogens (tertiary/aromatic N) is 1. The third-order valence-corrected chi connectivity index (χ3v) is 8.44. The molecule has 0 aliphatic rings. The summed E-state index contributed by atoms with van der Waals surface area (Å²) in [6.07, 6.45) is 6.60. The summed E-state index contributed by atoms with van der Waals surface area (Å²) in [6.45, 7) is 20.3. The van der Waals surface area contributed by atoms with Gasteiger partial charge in [-0.2, -0.15) is 0 Å². The Balaban J connectivity index is 2.76. The fourth-order valence-electron chi connectivity index (χ4n) is 4.40. The minimum Gasteiger partial charge on any atom is -0.467 e. The minimum absolute atomic E-state index is 0.0171. The van der Waals surface area contributed by atoms with Gasteiger partial charge < -0.3 is 9.47 Å². The van der Waals surface area contributed by atoms with E-state index in [9.17, 15) is 0 Å². The highest BCUT2D eigenvalue weighted by Crippen LogP contribution is 2.53. The van der Waals surface area contributed by atoms with E-state index < -0.39 is 0 Å². The van der Waals surface area contributed by atoms with Crippen LogP contribution >= 0.6 is 8.58 Å². The van der Waals surface area contributed by atoms with Crippen LogP contribution in [0.4, 0.5) is 0 Å². The van der Waals surface area contributed by atoms with Crippen LogP contribution in [0.2, 0.25) is 0 Å². The van der Waals surface area contributed by atoms with Crippen molar-refractivity contribution in [3.63, 3.8) is 0 Å². The van der Waals surface area contributed by atoms with Crippen molar-refractivity contribution in [2.24, 2.45) is 4.99 Å². The second kappa shape index (κ2) is 12.5. The predicted octanol–water partition coefficient (Wildman–Crippen LogP) is 8.29. The zero-order chi connectivity index (χ0) is 26.3. The standard InChI is InChI=1S/C31H48NO2P/c1-11-13-18-31(12-2,35-27-17-15-14-16-24(27)21-32-30(7,8)9)26-20-23(3)19-25(29(4,5)6)28(26)34-22-33-10/h14-17,19-21,35H,11-13,18,22H2,1-10H3. The van der Waals surface area contributed by atoms with Crippen molar-refractivity contribution >= 4 is 20.1 Å². The maximum absolute atomic E-state index is 6.40. The molecule has 0 saturated heterocycles. The number of unbranched alkanes of at least 4 members (excludes halogenated alkanes) is 1. The zero-order valence-electron chi connectivity index (χ0n) is 23.8. The Hall–Kier alpha value is -1.70. The SMILES string of the molecule is CCCCC(CC)(Pc1ccccc1C=NC(C)(C)C)c1cc(C)cc(C(C)(C)C)c1OCOC. The Morgan fingerprint density at radius 3 is 2.20 bits per heavy atom. The van der Waals surface area contributed by atoms with E-state index in [-0.39, 0.29) is 22.9 Å². The molecular formula is C31H48NO2P. The van der Waals surface area contributed by atoms with E-state index in [0.29, 0.717) is 8.58 Å². The molecule has 0 saturated carbocycles. The molecule has 4 heteroatoms.